The third-order valence-corrected chi connectivity index (χ3v) is 5.02. The molecule has 0 aromatic heterocycles. The minimum absolute atomic E-state index is 0.154. The highest BCUT2D eigenvalue weighted by molar-refractivity contribution is 7.92. The van der Waals surface area contributed by atoms with Crippen molar-refractivity contribution in [3.8, 4) is 0 Å². The molecule has 0 radical (unpaired) electrons. The summed E-state index contributed by atoms with van der Waals surface area (Å²) in [6, 6.07) is 6.55. The number of benzene rings is 1. The van der Waals surface area contributed by atoms with Gasteiger partial charge in [0.1, 0.15) is 0 Å². The van der Waals surface area contributed by atoms with Crippen molar-refractivity contribution in [2.24, 2.45) is 5.73 Å². The first-order valence-corrected chi connectivity index (χ1v) is 7.27. The average molecular weight is 259 g/mol. The Morgan fingerprint density at radius 1 is 1.25 bits per heavy atom. The smallest absolute Gasteiger partial charge is 0.180 e. The van der Waals surface area contributed by atoms with Gasteiger partial charge < -0.3 is 5.73 Å². The SMILES string of the molecule is CC(C)S(=O)(=O)c1ccc(C(N)CS)cc1. The van der Waals surface area contributed by atoms with Gasteiger partial charge in [-0.15, -0.1) is 0 Å². The van der Waals surface area contributed by atoms with Crippen molar-refractivity contribution in [1.29, 1.82) is 0 Å². The van der Waals surface area contributed by atoms with Gasteiger partial charge in [-0.2, -0.15) is 12.6 Å². The van der Waals surface area contributed by atoms with Crippen molar-refractivity contribution in [3.05, 3.63) is 29.8 Å². The molecule has 0 fully saturated rings. The zero-order valence-electron chi connectivity index (χ0n) is 9.42. The van der Waals surface area contributed by atoms with Gasteiger partial charge in [0.05, 0.1) is 10.1 Å². The van der Waals surface area contributed by atoms with E-state index in [1.165, 1.54) is 0 Å². The summed E-state index contributed by atoms with van der Waals surface area (Å²) in [4.78, 5) is 0.345. The van der Waals surface area contributed by atoms with E-state index >= 15 is 0 Å². The van der Waals surface area contributed by atoms with Crippen LogP contribution in [-0.4, -0.2) is 19.4 Å². The molecule has 0 saturated heterocycles. The fourth-order valence-corrected chi connectivity index (χ4v) is 2.55. The molecule has 2 N–H and O–H groups in total. The van der Waals surface area contributed by atoms with Gasteiger partial charge in [0.25, 0.3) is 0 Å². The average Bonchev–Trinajstić information content (AvgIpc) is 2.28. The van der Waals surface area contributed by atoms with Crippen LogP contribution in [0.25, 0.3) is 0 Å². The second kappa shape index (κ2) is 5.21. The van der Waals surface area contributed by atoms with Crippen LogP contribution >= 0.6 is 12.6 Å². The van der Waals surface area contributed by atoms with Crippen LogP contribution in [0.4, 0.5) is 0 Å². The summed E-state index contributed by atoms with van der Waals surface area (Å²) in [6.07, 6.45) is 0. The van der Waals surface area contributed by atoms with E-state index in [0.717, 1.165) is 5.56 Å². The van der Waals surface area contributed by atoms with E-state index in [0.29, 0.717) is 10.6 Å². The molecule has 0 heterocycles. The third kappa shape index (κ3) is 2.78. The minimum Gasteiger partial charge on any atom is -0.323 e. The summed E-state index contributed by atoms with van der Waals surface area (Å²) < 4.78 is 23.7. The van der Waals surface area contributed by atoms with E-state index < -0.39 is 15.1 Å². The van der Waals surface area contributed by atoms with Crippen LogP contribution in [0, 0.1) is 0 Å². The normalized spacial score (nSPS) is 14.1. The van der Waals surface area contributed by atoms with E-state index in [4.69, 9.17) is 5.73 Å². The first-order valence-electron chi connectivity index (χ1n) is 5.10. The largest absolute Gasteiger partial charge is 0.323 e. The predicted molar refractivity (Wildman–Crippen MR) is 69.5 cm³/mol. The Labute approximate surface area is 102 Å². The molecule has 3 nitrogen and oxygen atoms in total. The Morgan fingerprint density at radius 2 is 1.75 bits per heavy atom. The van der Waals surface area contributed by atoms with Gasteiger partial charge in [0.2, 0.25) is 0 Å². The fraction of sp³-hybridized carbons (Fsp3) is 0.455. The zero-order chi connectivity index (χ0) is 12.3. The summed E-state index contributed by atoms with van der Waals surface area (Å²) in [5.74, 6) is 0.538. The van der Waals surface area contributed by atoms with Crippen LogP contribution in [0.15, 0.2) is 29.2 Å². The molecule has 5 heteroatoms. The Bertz CT molecular complexity index is 438. The van der Waals surface area contributed by atoms with Crippen LogP contribution in [-0.2, 0) is 9.84 Å². The molecule has 0 saturated carbocycles. The van der Waals surface area contributed by atoms with E-state index in [2.05, 4.69) is 12.6 Å². The fourth-order valence-electron chi connectivity index (χ4n) is 1.28. The molecule has 90 valence electrons. The molecule has 0 aliphatic heterocycles. The number of nitrogens with two attached hydrogens (primary N) is 1. The number of rotatable bonds is 4. The number of sulfone groups is 1. The molecule has 16 heavy (non-hydrogen) atoms. The Kier molecular flexibility index (Phi) is 4.41. The van der Waals surface area contributed by atoms with Gasteiger partial charge in [-0.3, -0.25) is 0 Å². The summed E-state index contributed by atoms with van der Waals surface area (Å²) in [5.41, 5.74) is 6.69. The van der Waals surface area contributed by atoms with E-state index in [1.54, 1.807) is 38.1 Å². The number of hydrogen-bond acceptors (Lipinski definition) is 4. The van der Waals surface area contributed by atoms with Crippen molar-refractivity contribution in [3.63, 3.8) is 0 Å². The first-order chi connectivity index (χ1) is 7.39. The molecule has 1 unspecified atom stereocenters. The minimum atomic E-state index is -3.19. The summed E-state index contributed by atoms with van der Waals surface area (Å²) >= 11 is 4.10. The van der Waals surface area contributed by atoms with Crippen molar-refractivity contribution in [2.75, 3.05) is 5.75 Å². The molecule has 1 atom stereocenters. The molecule has 1 rings (SSSR count). The standard InChI is InChI=1S/C11H17NO2S2/c1-8(2)16(13,14)10-5-3-9(4-6-10)11(12)7-15/h3-6,8,11,15H,7,12H2,1-2H3. The summed E-state index contributed by atoms with van der Waals surface area (Å²) in [6.45, 7) is 3.34. The highest BCUT2D eigenvalue weighted by Gasteiger charge is 2.18. The highest BCUT2D eigenvalue weighted by Crippen LogP contribution is 2.19. The lowest BCUT2D eigenvalue weighted by Gasteiger charge is -2.11. The maximum Gasteiger partial charge on any atom is 0.180 e. The number of thiol groups is 1. The summed E-state index contributed by atoms with van der Waals surface area (Å²) in [5, 5.41) is -0.406. The second-order valence-corrected chi connectivity index (χ2v) is 6.82. The van der Waals surface area contributed by atoms with Crippen molar-refractivity contribution < 1.29 is 8.42 Å². The van der Waals surface area contributed by atoms with Crippen molar-refractivity contribution in [1.82, 2.24) is 0 Å². The lowest BCUT2D eigenvalue weighted by molar-refractivity contribution is 0.587. The van der Waals surface area contributed by atoms with Crippen LogP contribution in [0.5, 0.6) is 0 Å². The Hall–Kier alpha value is -0.520. The van der Waals surface area contributed by atoms with Crippen LogP contribution in [0.3, 0.4) is 0 Å². The number of hydrogen-bond donors (Lipinski definition) is 2. The van der Waals surface area contributed by atoms with Crippen LogP contribution < -0.4 is 5.73 Å². The molecule has 0 bridgehead atoms. The van der Waals surface area contributed by atoms with E-state index in [-0.39, 0.29) is 6.04 Å². The Morgan fingerprint density at radius 3 is 2.12 bits per heavy atom. The van der Waals surface area contributed by atoms with Gasteiger partial charge in [0.15, 0.2) is 9.84 Å². The monoisotopic (exact) mass is 259 g/mol. The third-order valence-electron chi connectivity index (χ3n) is 2.45. The maximum absolute atomic E-state index is 11.8. The molecule has 1 aromatic rings. The van der Waals surface area contributed by atoms with Crippen molar-refractivity contribution >= 4 is 22.5 Å². The van der Waals surface area contributed by atoms with Crippen LogP contribution in [0.2, 0.25) is 0 Å². The molecule has 0 spiro atoms. The Balaban J connectivity index is 3.05. The maximum atomic E-state index is 11.8. The first kappa shape index (κ1) is 13.5. The topological polar surface area (TPSA) is 60.2 Å². The molecule has 0 aliphatic rings. The predicted octanol–water partition coefficient (Wildman–Crippen LogP) is 1.80. The van der Waals surface area contributed by atoms with Gasteiger partial charge in [0, 0.05) is 11.8 Å². The molecular weight excluding hydrogens is 242 g/mol. The van der Waals surface area contributed by atoms with E-state index in [9.17, 15) is 8.42 Å². The quantitative estimate of drug-likeness (QED) is 0.811. The molecule has 0 aliphatic carbocycles. The molecule has 1 aromatic carbocycles. The van der Waals surface area contributed by atoms with Gasteiger partial charge in [-0.25, -0.2) is 8.42 Å². The molecular formula is C11H17NO2S2. The van der Waals surface area contributed by atoms with Gasteiger partial charge >= 0.3 is 0 Å². The van der Waals surface area contributed by atoms with E-state index in [1.807, 2.05) is 0 Å². The lowest BCUT2D eigenvalue weighted by Crippen LogP contribution is -2.15. The van der Waals surface area contributed by atoms with Gasteiger partial charge in [-0.05, 0) is 31.5 Å². The van der Waals surface area contributed by atoms with Crippen LogP contribution in [0.1, 0.15) is 25.5 Å². The molecule has 0 amide bonds. The van der Waals surface area contributed by atoms with Crippen molar-refractivity contribution in [2.45, 2.75) is 30.0 Å². The van der Waals surface area contributed by atoms with Gasteiger partial charge in [-0.1, -0.05) is 12.1 Å². The lowest BCUT2D eigenvalue weighted by atomic mass is 10.1. The summed E-state index contributed by atoms with van der Waals surface area (Å²) in [7, 11) is -3.19. The zero-order valence-corrected chi connectivity index (χ0v) is 11.1. The second-order valence-electron chi connectivity index (χ2n) is 3.95. The highest BCUT2D eigenvalue weighted by atomic mass is 32.2.